The number of hydrogen-bond acceptors (Lipinski definition) is 7. The van der Waals surface area contributed by atoms with Crippen molar-refractivity contribution in [2.45, 2.75) is 56.7 Å². The van der Waals surface area contributed by atoms with E-state index in [1.165, 1.54) is 0 Å². The lowest BCUT2D eigenvalue weighted by Crippen LogP contribution is -2.54. The lowest BCUT2D eigenvalue weighted by Gasteiger charge is -2.21. The van der Waals surface area contributed by atoms with Gasteiger partial charge in [0.05, 0.1) is 12.6 Å². The minimum atomic E-state index is -1.18. The van der Waals surface area contributed by atoms with Crippen molar-refractivity contribution in [2.75, 3.05) is 13.1 Å². The zero-order valence-corrected chi connectivity index (χ0v) is 19.0. The molecule has 10 N–H and O–H groups in total. The van der Waals surface area contributed by atoms with Gasteiger partial charge in [-0.1, -0.05) is 30.3 Å². The quantitative estimate of drug-likeness (QED) is 0.133. The fourth-order valence-electron chi connectivity index (χ4n) is 3.05. The normalized spacial score (nSPS) is 13.2. The minimum absolute atomic E-state index is 0.0178. The molecule has 1 aromatic rings. The Balaban J connectivity index is 2.74. The van der Waals surface area contributed by atoms with E-state index in [1.54, 1.807) is 30.3 Å². The lowest BCUT2D eigenvalue weighted by molar-refractivity contribution is -0.142. The fraction of sp³-hybridized carbons (Fsp3) is 0.500. The number of primary amides is 1. The molecule has 188 valence electrons. The summed E-state index contributed by atoms with van der Waals surface area (Å²) in [6, 6.07) is 5.68. The zero-order chi connectivity index (χ0) is 25.5. The number of unbranched alkanes of at least 4 members (excludes halogenated alkanes) is 1. The molecular formula is C22H34N6O6. The number of carboxylic acid groups (broad SMARTS) is 1. The van der Waals surface area contributed by atoms with Crippen molar-refractivity contribution in [1.29, 1.82) is 0 Å². The zero-order valence-electron chi connectivity index (χ0n) is 19.0. The number of benzene rings is 1. The largest absolute Gasteiger partial charge is 0.480 e. The molecule has 0 aliphatic rings. The van der Waals surface area contributed by atoms with Crippen LogP contribution in [0.25, 0.3) is 0 Å². The highest BCUT2D eigenvalue weighted by atomic mass is 16.4. The van der Waals surface area contributed by atoms with E-state index in [0.29, 0.717) is 19.4 Å². The summed E-state index contributed by atoms with van der Waals surface area (Å²) in [6.07, 6.45) is 1.42. The summed E-state index contributed by atoms with van der Waals surface area (Å²) in [5.74, 6) is -3.76. The Morgan fingerprint density at radius 3 is 2.18 bits per heavy atom. The van der Waals surface area contributed by atoms with E-state index in [1.807, 2.05) is 0 Å². The van der Waals surface area contributed by atoms with Gasteiger partial charge in [0.15, 0.2) is 0 Å². The molecule has 0 aliphatic heterocycles. The van der Waals surface area contributed by atoms with Crippen LogP contribution < -0.4 is 33.2 Å². The smallest absolute Gasteiger partial charge is 0.326 e. The molecule has 3 unspecified atom stereocenters. The molecule has 12 nitrogen and oxygen atoms in total. The van der Waals surface area contributed by atoms with Crippen LogP contribution in [0.5, 0.6) is 0 Å². The topological polar surface area (TPSA) is 220 Å². The molecule has 0 saturated heterocycles. The molecule has 0 heterocycles. The van der Waals surface area contributed by atoms with Crippen molar-refractivity contribution < 1.29 is 29.1 Å². The van der Waals surface area contributed by atoms with Crippen LogP contribution >= 0.6 is 0 Å². The summed E-state index contributed by atoms with van der Waals surface area (Å²) in [5.41, 5.74) is 17.0. The Hall–Kier alpha value is -3.51. The maximum absolute atomic E-state index is 12.8. The number of aliphatic carboxylic acids is 1. The van der Waals surface area contributed by atoms with Gasteiger partial charge in [0.25, 0.3) is 0 Å². The van der Waals surface area contributed by atoms with E-state index in [4.69, 9.17) is 17.2 Å². The van der Waals surface area contributed by atoms with Crippen molar-refractivity contribution in [3.8, 4) is 0 Å². The fourth-order valence-corrected chi connectivity index (χ4v) is 3.05. The van der Waals surface area contributed by atoms with Crippen molar-refractivity contribution >= 4 is 29.6 Å². The number of nitrogens with one attached hydrogen (secondary N) is 3. The lowest BCUT2D eigenvalue weighted by atomic mass is 10.0. The van der Waals surface area contributed by atoms with Gasteiger partial charge in [0, 0.05) is 12.8 Å². The highest BCUT2D eigenvalue weighted by Crippen LogP contribution is 2.05. The number of rotatable bonds is 16. The van der Waals surface area contributed by atoms with E-state index in [-0.39, 0.29) is 25.7 Å². The molecular weight excluding hydrogens is 444 g/mol. The Morgan fingerprint density at radius 1 is 0.912 bits per heavy atom. The average molecular weight is 479 g/mol. The summed E-state index contributed by atoms with van der Waals surface area (Å²) in [5, 5.41) is 16.6. The first-order chi connectivity index (χ1) is 16.1. The Kier molecular flexibility index (Phi) is 12.9. The van der Waals surface area contributed by atoms with Gasteiger partial charge in [-0.2, -0.15) is 0 Å². The molecule has 12 heteroatoms. The Bertz CT molecular complexity index is 834. The van der Waals surface area contributed by atoms with Gasteiger partial charge in [-0.25, -0.2) is 4.79 Å². The van der Waals surface area contributed by atoms with Crippen molar-refractivity contribution in [1.82, 2.24) is 16.0 Å². The summed E-state index contributed by atoms with van der Waals surface area (Å²) in [6.45, 7) is -0.0640. The van der Waals surface area contributed by atoms with Crippen LogP contribution in [0.1, 0.15) is 37.7 Å². The molecule has 0 aromatic heterocycles. The van der Waals surface area contributed by atoms with Crippen molar-refractivity contribution in [3.63, 3.8) is 0 Å². The summed E-state index contributed by atoms with van der Waals surface area (Å²) >= 11 is 0. The van der Waals surface area contributed by atoms with E-state index in [9.17, 15) is 29.1 Å². The second-order valence-electron chi connectivity index (χ2n) is 7.82. The summed E-state index contributed by atoms with van der Waals surface area (Å²) < 4.78 is 0. The number of hydrogen-bond donors (Lipinski definition) is 7. The van der Waals surface area contributed by atoms with Gasteiger partial charge in [0.2, 0.25) is 23.6 Å². The highest BCUT2D eigenvalue weighted by Gasteiger charge is 2.25. The predicted molar refractivity (Wildman–Crippen MR) is 124 cm³/mol. The van der Waals surface area contributed by atoms with Gasteiger partial charge in [0.1, 0.15) is 12.1 Å². The van der Waals surface area contributed by atoms with E-state index in [2.05, 4.69) is 16.0 Å². The second-order valence-corrected chi connectivity index (χ2v) is 7.82. The molecule has 34 heavy (non-hydrogen) atoms. The Morgan fingerprint density at radius 2 is 1.59 bits per heavy atom. The van der Waals surface area contributed by atoms with Crippen LogP contribution in [0.2, 0.25) is 0 Å². The van der Waals surface area contributed by atoms with Crippen LogP contribution in [0, 0.1) is 0 Å². The van der Waals surface area contributed by atoms with Crippen LogP contribution in [-0.4, -0.2) is 65.9 Å². The molecule has 3 atom stereocenters. The van der Waals surface area contributed by atoms with Crippen LogP contribution in [0.4, 0.5) is 0 Å². The molecule has 4 amide bonds. The van der Waals surface area contributed by atoms with Crippen LogP contribution in [0.15, 0.2) is 30.3 Å². The molecule has 0 radical (unpaired) electrons. The van der Waals surface area contributed by atoms with Gasteiger partial charge in [-0.3, -0.25) is 19.2 Å². The molecule has 0 bridgehead atoms. The molecule has 0 saturated carbocycles. The SMILES string of the molecule is NCCCCC(NC(=O)CNC(=O)C(Cc1ccccc1)NC(=O)C(N)CCC(N)=O)C(=O)O. The van der Waals surface area contributed by atoms with Crippen LogP contribution in [-0.2, 0) is 30.4 Å². The third kappa shape index (κ3) is 11.4. The highest BCUT2D eigenvalue weighted by molar-refractivity contribution is 5.92. The minimum Gasteiger partial charge on any atom is -0.480 e. The first-order valence-corrected chi connectivity index (χ1v) is 11.0. The number of carbonyl (C=O) groups is 5. The van der Waals surface area contributed by atoms with Crippen molar-refractivity contribution in [3.05, 3.63) is 35.9 Å². The summed E-state index contributed by atoms with van der Waals surface area (Å²) in [7, 11) is 0. The van der Waals surface area contributed by atoms with Crippen LogP contribution in [0.3, 0.4) is 0 Å². The maximum Gasteiger partial charge on any atom is 0.326 e. The standard InChI is InChI=1S/C22H34N6O6/c23-11-5-4-8-16(22(33)34)27-19(30)13-26-21(32)17(12-14-6-2-1-3-7-14)28-20(31)15(24)9-10-18(25)29/h1-3,6-7,15-17H,4-5,8-13,23-24H2,(H2,25,29)(H,26,32)(H,27,30)(H,28,31)(H,33,34). The van der Waals surface area contributed by atoms with E-state index < -0.39 is 54.3 Å². The molecule has 0 spiro atoms. The third-order valence-corrected chi connectivity index (χ3v) is 4.96. The number of carbonyl (C=O) groups excluding carboxylic acids is 4. The first kappa shape index (κ1) is 28.5. The average Bonchev–Trinajstić information content (AvgIpc) is 2.80. The van der Waals surface area contributed by atoms with E-state index in [0.717, 1.165) is 5.56 Å². The molecule has 1 aromatic carbocycles. The van der Waals surface area contributed by atoms with Gasteiger partial charge >= 0.3 is 5.97 Å². The number of carboxylic acids is 1. The number of amides is 4. The van der Waals surface area contributed by atoms with Gasteiger partial charge in [-0.05, 0) is 37.8 Å². The second kappa shape index (κ2) is 15.3. The van der Waals surface area contributed by atoms with Gasteiger partial charge < -0.3 is 38.3 Å². The molecule has 0 aliphatic carbocycles. The van der Waals surface area contributed by atoms with E-state index >= 15 is 0 Å². The summed E-state index contributed by atoms with van der Waals surface area (Å²) in [4.78, 5) is 59.6. The predicted octanol–water partition coefficient (Wildman–Crippen LogP) is -1.88. The monoisotopic (exact) mass is 478 g/mol. The Labute approximate surface area is 198 Å². The van der Waals surface area contributed by atoms with Gasteiger partial charge in [-0.15, -0.1) is 0 Å². The first-order valence-electron chi connectivity index (χ1n) is 11.0. The third-order valence-electron chi connectivity index (χ3n) is 4.96. The van der Waals surface area contributed by atoms with Crippen molar-refractivity contribution in [2.24, 2.45) is 17.2 Å². The molecule has 1 rings (SSSR count). The maximum atomic E-state index is 12.8. The molecule has 0 fully saturated rings. The number of nitrogens with two attached hydrogens (primary N) is 3.